The Kier molecular flexibility index (Phi) is 7.07. The van der Waals surface area contributed by atoms with Crippen molar-refractivity contribution in [3.63, 3.8) is 0 Å². The molecule has 0 aliphatic carbocycles. The molecule has 0 fully saturated rings. The fourth-order valence-corrected chi connectivity index (χ4v) is 2.48. The second-order valence-electron chi connectivity index (χ2n) is 5.66. The lowest BCUT2D eigenvalue weighted by Crippen LogP contribution is -2.25. The molecule has 0 heterocycles. The summed E-state index contributed by atoms with van der Waals surface area (Å²) in [5.41, 5.74) is 3.50. The van der Waals surface area contributed by atoms with Crippen LogP contribution in [0.3, 0.4) is 0 Å². The predicted molar refractivity (Wildman–Crippen MR) is 94.3 cm³/mol. The first kappa shape index (κ1) is 17.5. The van der Waals surface area contributed by atoms with Crippen molar-refractivity contribution in [3.8, 4) is 0 Å². The lowest BCUT2D eigenvalue weighted by atomic mass is 10.1. The molecule has 0 bridgehead atoms. The fraction of sp³-hybridized carbons (Fsp3) is 0.368. The molecule has 2 rings (SSSR count). The molecule has 0 saturated heterocycles. The van der Waals surface area contributed by atoms with Gasteiger partial charge in [0, 0.05) is 25.3 Å². The summed E-state index contributed by atoms with van der Waals surface area (Å²) in [5.74, 6) is 0. The van der Waals surface area contributed by atoms with Gasteiger partial charge in [-0.1, -0.05) is 55.5 Å². The van der Waals surface area contributed by atoms with Gasteiger partial charge in [0.05, 0.1) is 12.7 Å². The van der Waals surface area contributed by atoms with Gasteiger partial charge in [-0.15, -0.1) is 0 Å². The molecule has 0 aliphatic heterocycles. The molecule has 23 heavy (non-hydrogen) atoms. The van der Waals surface area contributed by atoms with E-state index in [0.717, 1.165) is 25.3 Å². The van der Waals surface area contributed by atoms with Crippen LogP contribution in [0.4, 0.5) is 5.69 Å². The Hall–Kier alpha value is -1.88. The Bertz CT molecular complexity index is 575. The highest BCUT2D eigenvalue weighted by Crippen LogP contribution is 2.18. The second kappa shape index (κ2) is 9.30. The fourth-order valence-electron chi connectivity index (χ4n) is 2.48. The van der Waals surface area contributed by atoms with E-state index in [1.165, 1.54) is 11.1 Å². The highest BCUT2D eigenvalue weighted by molar-refractivity contribution is 5.51. The zero-order chi connectivity index (χ0) is 16.5. The topological polar surface area (TPSA) is 55.7 Å². The van der Waals surface area contributed by atoms with Gasteiger partial charge in [-0.2, -0.15) is 0 Å². The summed E-state index contributed by atoms with van der Waals surface area (Å²) in [6, 6.07) is 18.6. The zero-order valence-electron chi connectivity index (χ0n) is 13.7. The number of rotatable bonds is 9. The second-order valence-corrected chi connectivity index (χ2v) is 5.66. The monoisotopic (exact) mass is 314 g/mol. The Morgan fingerprint density at radius 3 is 2.39 bits per heavy atom. The van der Waals surface area contributed by atoms with Crippen LogP contribution in [-0.2, 0) is 13.1 Å². The molecule has 0 radical (unpaired) electrons. The maximum absolute atomic E-state index is 9.51. The van der Waals surface area contributed by atoms with Crippen molar-refractivity contribution in [2.24, 2.45) is 0 Å². The molecular formula is C19H26N2O2. The summed E-state index contributed by atoms with van der Waals surface area (Å²) in [6.45, 7) is 4.98. The number of nitrogens with zero attached hydrogens (tertiary/aromatic N) is 1. The molecule has 1 atom stereocenters. The number of benzene rings is 2. The van der Waals surface area contributed by atoms with Crippen LogP contribution in [-0.4, -0.2) is 40.9 Å². The summed E-state index contributed by atoms with van der Waals surface area (Å²) < 4.78 is 0. The quantitative estimate of drug-likeness (QED) is 0.665. The van der Waals surface area contributed by atoms with Crippen LogP contribution in [0.5, 0.6) is 0 Å². The number of anilines is 1. The minimum absolute atomic E-state index is 0.232. The van der Waals surface area contributed by atoms with Gasteiger partial charge in [-0.05, 0) is 23.7 Å². The van der Waals surface area contributed by atoms with E-state index >= 15 is 0 Å². The lowest BCUT2D eigenvalue weighted by molar-refractivity contribution is 0.105. The van der Waals surface area contributed by atoms with E-state index in [1.54, 1.807) is 0 Å². The first-order chi connectivity index (χ1) is 11.2. The molecule has 0 amide bonds. The largest absolute Gasteiger partial charge is 0.394 e. The Balaban J connectivity index is 2.02. The van der Waals surface area contributed by atoms with Gasteiger partial charge >= 0.3 is 0 Å². The first-order valence-corrected chi connectivity index (χ1v) is 8.10. The lowest BCUT2D eigenvalue weighted by Gasteiger charge is -2.23. The molecule has 0 aliphatic rings. The third kappa shape index (κ3) is 5.67. The molecule has 4 heteroatoms. The minimum atomic E-state index is -0.741. The van der Waals surface area contributed by atoms with Crippen molar-refractivity contribution in [3.05, 3.63) is 65.7 Å². The van der Waals surface area contributed by atoms with Crippen molar-refractivity contribution in [2.75, 3.05) is 25.0 Å². The zero-order valence-corrected chi connectivity index (χ0v) is 13.7. The van der Waals surface area contributed by atoms with Crippen LogP contribution in [0.25, 0.3) is 0 Å². The van der Waals surface area contributed by atoms with Crippen molar-refractivity contribution in [1.82, 2.24) is 4.90 Å². The van der Waals surface area contributed by atoms with E-state index in [-0.39, 0.29) is 6.61 Å². The van der Waals surface area contributed by atoms with Gasteiger partial charge in [0.25, 0.3) is 0 Å². The van der Waals surface area contributed by atoms with Gasteiger partial charge in [0.2, 0.25) is 0 Å². The molecule has 3 N–H and O–H groups in total. The highest BCUT2D eigenvalue weighted by atomic mass is 16.3. The molecule has 2 aromatic carbocycles. The molecule has 4 nitrogen and oxygen atoms in total. The van der Waals surface area contributed by atoms with E-state index in [4.69, 9.17) is 5.11 Å². The van der Waals surface area contributed by atoms with Crippen LogP contribution in [0.1, 0.15) is 18.1 Å². The van der Waals surface area contributed by atoms with Crippen LogP contribution < -0.4 is 5.32 Å². The Labute approximate surface area is 138 Å². The number of aliphatic hydroxyl groups is 2. The third-order valence-corrected chi connectivity index (χ3v) is 3.85. The maximum atomic E-state index is 9.51. The predicted octanol–water partition coefficient (Wildman–Crippen LogP) is 2.47. The van der Waals surface area contributed by atoms with Gasteiger partial charge in [-0.3, -0.25) is 4.90 Å². The summed E-state index contributed by atoms with van der Waals surface area (Å²) in [4.78, 5) is 2.37. The van der Waals surface area contributed by atoms with Gasteiger partial charge in [0.15, 0.2) is 0 Å². The van der Waals surface area contributed by atoms with Gasteiger partial charge in [-0.25, -0.2) is 0 Å². The smallest absolute Gasteiger partial charge is 0.0942 e. The number of nitrogens with one attached hydrogen (secondary N) is 1. The Morgan fingerprint density at radius 2 is 1.70 bits per heavy atom. The summed E-state index contributed by atoms with van der Waals surface area (Å²) in [5, 5.41) is 21.7. The molecule has 0 aromatic heterocycles. The number of aliphatic hydroxyl groups excluding tert-OH is 2. The van der Waals surface area contributed by atoms with Crippen LogP contribution in [0, 0.1) is 0 Å². The SMILES string of the molecule is CCN(Cc1ccccc1)Cc1ccccc1NCC(O)CO. The van der Waals surface area contributed by atoms with E-state index in [1.807, 2.05) is 24.3 Å². The van der Waals surface area contributed by atoms with Crippen molar-refractivity contribution in [2.45, 2.75) is 26.1 Å². The third-order valence-electron chi connectivity index (χ3n) is 3.85. The standard InChI is InChI=1S/C19H26N2O2/c1-2-21(13-16-8-4-3-5-9-16)14-17-10-6-7-11-19(17)20-12-18(23)15-22/h3-11,18,20,22-23H,2,12-15H2,1H3. The minimum Gasteiger partial charge on any atom is -0.394 e. The highest BCUT2D eigenvalue weighted by Gasteiger charge is 2.09. The Morgan fingerprint density at radius 1 is 1.00 bits per heavy atom. The molecule has 124 valence electrons. The van der Waals surface area contributed by atoms with Crippen molar-refractivity contribution in [1.29, 1.82) is 0 Å². The summed E-state index contributed by atoms with van der Waals surface area (Å²) in [6.07, 6.45) is -0.741. The number of para-hydroxylation sites is 1. The molecule has 2 aromatic rings. The van der Waals surface area contributed by atoms with E-state index in [9.17, 15) is 5.11 Å². The van der Waals surface area contributed by atoms with Crippen LogP contribution in [0.15, 0.2) is 54.6 Å². The average molecular weight is 314 g/mol. The van der Waals surface area contributed by atoms with Crippen molar-refractivity contribution >= 4 is 5.69 Å². The van der Waals surface area contributed by atoms with Crippen LogP contribution in [0.2, 0.25) is 0 Å². The van der Waals surface area contributed by atoms with Crippen LogP contribution >= 0.6 is 0 Å². The van der Waals surface area contributed by atoms with E-state index in [2.05, 4.69) is 47.5 Å². The normalized spacial score (nSPS) is 12.3. The first-order valence-electron chi connectivity index (χ1n) is 8.10. The van der Waals surface area contributed by atoms with Crippen molar-refractivity contribution < 1.29 is 10.2 Å². The number of hydrogen-bond acceptors (Lipinski definition) is 4. The molecule has 0 spiro atoms. The molecular weight excluding hydrogens is 288 g/mol. The van der Waals surface area contributed by atoms with Gasteiger partial charge < -0.3 is 15.5 Å². The van der Waals surface area contributed by atoms with E-state index < -0.39 is 6.10 Å². The summed E-state index contributed by atoms with van der Waals surface area (Å²) in [7, 11) is 0. The van der Waals surface area contributed by atoms with Gasteiger partial charge in [0.1, 0.15) is 0 Å². The maximum Gasteiger partial charge on any atom is 0.0942 e. The molecule has 0 saturated carbocycles. The average Bonchev–Trinajstić information content (AvgIpc) is 2.60. The molecule has 1 unspecified atom stereocenters. The van der Waals surface area contributed by atoms with E-state index in [0.29, 0.717) is 6.54 Å². The number of hydrogen-bond donors (Lipinski definition) is 3. The summed E-state index contributed by atoms with van der Waals surface area (Å²) >= 11 is 0.